The molecule has 0 spiro atoms. The number of rotatable bonds is 3. The Morgan fingerprint density at radius 1 is 1.28 bits per heavy atom. The number of hydrogen-bond donors (Lipinski definition) is 1. The lowest BCUT2D eigenvalue weighted by Crippen LogP contribution is -2.30. The molecule has 18 heavy (non-hydrogen) atoms. The highest BCUT2D eigenvalue weighted by Crippen LogP contribution is 2.26. The third-order valence-electron chi connectivity index (χ3n) is 2.74. The van der Waals surface area contributed by atoms with Gasteiger partial charge in [-0.1, -0.05) is 12.1 Å². The molecule has 0 fully saturated rings. The molecule has 0 aliphatic heterocycles. The van der Waals surface area contributed by atoms with Crippen LogP contribution in [-0.2, 0) is 0 Å². The Morgan fingerprint density at radius 2 is 2.00 bits per heavy atom. The number of hydrogen-bond acceptors (Lipinski definition) is 3. The van der Waals surface area contributed by atoms with Crippen molar-refractivity contribution in [1.82, 2.24) is 0 Å². The van der Waals surface area contributed by atoms with Crippen molar-refractivity contribution in [1.29, 1.82) is 0 Å². The van der Waals surface area contributed by atoms with Gasteiger partial charge >= 0.3 is 0 Å². The quantitative estimate of drug-likeness (QED) is 0.861. The second kappa shape index (κ2) is 5.23. The average molecular weight is 260 g/mol. The van der Waals surface area contributed by atoms with E-state index in [1.807, 2.05) is 50.2 Å². The third-order valence-corrected chi connectivity index (χ3v) is 3.73. The fourth-order valence-corrected chi connectivity index (χ4v) is 2.66. The van der Waals surface area contributed by atoms with E-state index in [-0.39, 0.29) is 5.91 Å². The van der Waals surface area contributed by atoms with Gasteiger partial charge in [0.05, 0.1) is 16.3 Å². The molecule has 2 aromatic rings. The summed E-state index contributed by atoms with van der Waals surface area (Å²) >= 11 is 1.51. The van der Waals surface area contributed by atoms with Gasteiger partial charge < -0.3 is 10.6 Å². The first-order valence-electron chi connectivity index (χ1n) is 5.86. The summed E-state index contributed by atoms with van der Waals surface area (Å²) in [6.07, 6.45) is 0. The second-order valence-electron chi connectivity index (χ2n) is 4.02. The summed E-state index contributed by atoms with van der Waals surface area (Å²) < 4.78 is 0. The van der Waals surface area contributed by atoms with Gasteiger partial charge in [-0.25, -0.2) is 0 Å². The van der Waals surface area contributed by atoms with Gasteiger partial charge in [0.25, 0.3) is 5.91 Å². The summed E-state index contributed by atoms with van der Waals surface area (Å²) in [5, 5.41) is 0. The zero-order chi connectivity index (χ0) is 13.1. The van der Waals surface area contributed by atoms with Crippen molar-refractivity contribution >= 4 is 28.6 Å². The maximum atomic E-state index is 12.4. The number of thiophene rings is 1. The summed E-state index contributed by atoms with van der Waals surface area (Å²) in [7, 11) is 0. The highest BCUT2D eigenvalue weighted by atomic mass is 32.1. The molecule has 1 aromatic heterocycles. The molecule has 0 aliphatic rings. The van der Waals surface area contributed by atoms with Gasteiger partial charge in [0.15, 0.2) is 0 Å². The maximum Gasteiger partial charge on any atom is 0.268 e. The van der Waals surface area contributed by atoms with Gasteiger partial charge in [-0.15, -0.1) is 11.3 Å². The van der Waals surface area contributed by atoms with Gasteiger partial charge in [-0.2, -0.15) is 0 Å². The summed E-state index contributed by atoms with van der Waals surface area (Å²) in [5.41, 5.74) is 7.33. The zero-order valence-corrected chi connectivity index (χ0v) is 11.3. The van der Waals surface area contributed by atoms with Gasteiger partial charge in [0, 0.05) is 11.4 Å². The number of carbonyl (C=O) groups is 1. The second-order valence-corrected chi connectivity index (χ2v) is 5.31. The maximum absolute atomic E-state index is 12.4. The number of para-hydroxylation sites is 2. The Bertz CT molecular complexity index is 562. The summed E-state index contributed by atoms with van der Waals surface area (Å²) in [6, 6.07) is 11.3. The van der Waals surface area contributed by atoms with Crippen molar-refractivity contribution in [3.8, 4) is 0 Å². The first kappa shape index (κ1) is 12.6. The minimum atomic E-state index is 0.00787. The smallest absolute Gasteiger partial charge is 0.268 e. The van der Waals surface area contributed by atoms with E-state index in [1.54, 1.807) is 4.90 Å². The van der Waals surface area contributed by atoms with Crippen LogP contribution in [0.25, 0.3) is 0 Å². The molecular weight excluding hydrogens is 244 g/mol. The number of nitrogens with zero attached hydrogens (tertiary/aromatic N) is 1. The summed E-state index contributed by atoms with van der Waals surface area (Å²) in [4.78, 5) is 16.0. The van der Waals surface area contributed by atoms with Crippen LogP contribution in [0.2, 0.25) is 0 Å². The predicted molar refractivity (Wildman–Crippen MR) is 77.3 cm³/mol. The topological polar surface area (TPSA) is 46.3 Å². The lowest BCUT2D eigenvalue weighted by Gasteiger charge is -2.21. The standard InChI is InChI=1S/C14H16N2OS/c1-3-16(12-7-5-4-6-11(12)15)14(17)13-9-8-10(2)18-13/h4-9H,3,15H2,1-2H3. The first-order chi connectivity index (χ1) is 8.63. The molecule has 0 saturated heterocycles. The first-order valence-corrected chi connectivity index (χ1v) is 6.68. The van der Waals surface area contributed by atoms with E-state index in [9.17, 15) is 4.79 Å². The minimum Gasteiger partial charge on any atom is -0.397 e. The molecule has 1 heterocycles. The van der Waals surface area contributed by atoms with Crippen molar-refractivity contribution < 1.29 is 4.79 Å². The van der Waals surface area contributed by atoms with Crippen molar-refractivity contribution in [2.75, 3.05) is 17.2 Å². The number of aryl methyl sites for hydroxylation is 1. The van der Waals surface area contributed by atoms with Crippen LogP contribution < -0.4 is 10.6 Å². The molecule has 0 radical (unpaired) electrons. The molecule has 1 amide bonds. The number of nitrogen functional groups attached to an aromatic ring is 1. The molecule has 3 nitrogen and oxygen atoms in total. The number of anilines is 2. The van der Waals surface area contributed by atoms with Gasteiger partial charge in [0.2, 0.25) is 0 Å². The number of nitrogens with two attached hydrogens (primary N) is 1. The number of amides is 1. The summed E-state index contributed by atoms with van der Waals surface area (Å²) in [6.45, 7) is 4.55. The molecular formula is C14H16N2OS. The fourth-order valence-electron chi connectivity index (χ4n) is 1.84. The number of benzene rings is 1. The van der Waals surface area contributed by atoms with Crippen LogP contribution in [0, 0.1) is 6.92 Å². The normalized spacial score (nSPS) is 10.3. The van der Waals surface area contributed by atoms with Crippen LogP contribution in [-0.4, -0.2) is 12.5 Å². The van der Waals surface area contributed by atoms with Crippen LogP contribution in [0.3, 0.4) is 0 Å². The van der Waals surface area contributed by atoms with E-state index in [4.69, 9.17) is 5.73 Å². The van der Waals surface area contributed by atoms with E-state index in [0.717, 1.165) is 15.4 Å². The molecule has 0 aliphatic carbocycles. The molecule has 4 heteroatoms. The van der Waals surface area contributed by atoms with Gasteiger partial charge in [-0.3, -0.25) is 4.79 Å². The Labute approximate surface area is 111 Å². The summed E-state index contributed by atoms with van der Waals surface area (Å²) in [5.74, 6) is 0.00787. The molecule has 1 aromatic carbocycles. The molecule has 2 N–H and O–H groups in total. The van der Waals surface area contributed by atoms with E-state index < -0.39 is 0 Å². The lowest BCUT2D eigenvalue weighted by atomic mass is 10.2. The van der Waals surface area contributed by atoms with Crippen LogP contribution in [0.15, 0.2) is 36.4 Å². The molecule has 0 bridgehead atoms. The van der Waals surface area contributed by atoms with Crippen molar-refractivity contribution in [3.05, 3.63) is 46.2 Å². The Kier molecular flexibility index (Phi) is 3.67. The molecule has 2 rings (SSSR count). The SMILES string of the molecule is CCN(C(=O)c1ccc(C)s1)c1ccccc1N. The molecule has 94 valence electrons. The van der Waals surface area contributed by atoms with Crippen LogP contribution in [0.1, 0.15) is 21.5 Å². The van der Waals surface area contributed by atoms with E-state index in [1.165, 1.54) is 11.3 Å². The van der Waals surface area contributed by atoms with Gasteiger partial charge in [0.1, 0.15) is 0 Å². The molecule has 0 atom stereocenters. The van der Waals surface area contributed by atoms with Crippen LogP contribution in [0.5, 0.6) is 0 Å². The fraction of sp³-hybridized carbons (Fsp3) is 0.214. The van der Waals surface area contributed by atoms with E-state index in [0.29, 0.717) is 12.2 Å². The lowest BCUT2D eigenvalue weighted by molar-refractivity contribution is 0.0992. The Balaban J connectivity index is 2.35. The Morgan fingerprint density at radius 3 is 2.56 bits per heavy atom. The van der Waals surface area contributed by atoms with E-state index >= 15 is 0 Å². The largest absolute Gasteiger partial charge is 0.397 e. The van der Waals surface area contributed by atoms with Crippen molar-refractivity contribution in [2.45, 2.75) is 13.8 Å². The monoisotopic (exact) mass is 260 g/mol. The highest BCUT2D eigenvalue weighted by Gasteiger charge is 2.18. The number of carbonyl (C=O) groups excluding carboxylic acids is 1. The highest BCUT2D eigenvalue weighted by molar-refractivity contribution is 7.14. The third kappa shape index (κ3) is 2.38. The van der Waals surface area contributed by atoms with Crippen LogP contribution >= 0.6 is 11.3 Å². The van der Waals surface area contributed by atoms with E-state index in [2.05, 4.69) is 0 Å². The van der Waals surface area contributed by atoms with Gasteiger partial charge in [-0.05, 0) is 38.1 Å². The van der Waals surface area contributed by atoms with Crippen molar-refractivity contribution in [2.24, 2.45) is 0 Å². The van der Waals surface area contributed by atoms with Crippen molar-refractivity contribution in [3.63, 3.8) is 0 Å². The Hall–Kier alpha value is -1.81. The average Bonchev–Trinajstić information content (AvgIpc) is 2.79. The molecule has 0 unspecified atom stereocenters. The minimum absolute atomic E-state index is 0.00787. The predicted octanol–water partition coefficient (Wildman–Crippen LogP) is 3.31. The van der Waals surface area contributed by atoms with Crippen LogP contribution in [0.4, 0.5) is 11.4 Å². The zero-order valence-electron chi connectivity index (χ0n) is 10.5. The molecule has 0 saturated carbocycles.